The lowest BCUT2D eigenvalue weighted by Crippen LogP contribution is -2.40. The van der Waals surface area contributed by atoms with Gasteiger partial charge in [-0.1, -0.05) is 24.3 Å². The molecule has 0 amide bonds. The molecule has 1 fully saturated rings. The molecule has 1 saturated heterocycles. The van der Waals surface area contributed by atoms with Crippen LogP contribution in [0.2, 0.25) is 0 Å². The lowest BCUT2D eigenvalue weighted by molar-refractivity contribution is 0.331. The second-order valence-corrected chi connectivity index (χ2v) is 5.09. The summed E-state index contributed by atoms with van der Waals surface area (Å²) in [6.45, 7) is 3.55. The van der Waals surface area contributed by atoms with E-state index in [1.165, 1.54) is 32.2 Å². The van der Waals surface area contributed by atoms with Gasteiger partial charge >= 0.3 is 0 Å². The highest BCUT2D eigenvalue weighted by atomic mass is 15.0. The summed E-state index contributed by atoms with van der Waals surface area (Å²) in [6, 6.07) is 9.72. The maximum atomic E-state index is 3.62. The third-order valence-electron chi connectivity index (χ3n) is 4.47. The highest BCUT2D eigenvalue weighted by molar-refractivity contribution is 5.39. The summed E-state index contributed by atoms with van der Waals surface area (Å²) in [5.41, 5.74) is 3.68. The zero-order valence-electron chi connectivity index (χ0n) is 9.42. The van der Waals surface area contributed by atoms with Crippen LogP contribution in [0.1, 0.15) is 37.3 Å². The zero-order valence-corrected chi connectivity index (χ0v) is 9.42. The molecule has 1 heterocycles. The molecule has 1 spiro atoms. The van der Waals surface area contributed by atoms with Crippen molar-refractivity contribution in [2.75, 3.05) is 6.54 Å². The smallest absolute Gasteiger partial charge is 0.0136 e. The number of fused-ring (bicyclic) bond motifs is 2. The number of hydrogen-bond donors (Lipinski definition) is 1. The Morgan fingerprint density at radius 2 is 2.13 bits per heavy atom. The van der Waals surface area contributed by atoms with Crippen molar-refractivity contribution < 1.29 is 0 Å². The largest absolute Gasteiger partial charge is 0.313 e. The van der Waals surface area contributed by atoms with Crippen LogP contribution in [0, 0.1) is 0 Å². The molecule has 0 radical (unpaired) electrons. The number of hydrogen-bond acceptors (Lipinski definition) is 1. The summed E-state index contributed by atoms with van der Waals surface area (Å²) in [7, 11) is 0. The summed E-state index contributed by atoms with van der Waals surface area (Å²) in [6.07, 6.45) is 5.34. The molecule has 1 aliphatic carbocycles. The van der Waals surface area contributed by atoms with Crippen LogP contribution in [0.5, 0.6) is 0 Å². The van der Waals surface area contributed by atoms with Gasteiger partial charge in [-0.15, -0.1) is 0 Å². The lowest BCUT2D eigenvalue weighted by atomic mass is 9.66. The number of benzene rings is 1. The highest BCUT2D eigenvalue weighted by Gasteiger charge is 2.43. The highest BCUT2D eigenvalue weighted by Crippen LogP contribution is 2.44. The molecule has 0 aromatic heterocycles. The van der Waals surface area contributed by atoms with E-state index in [1.54, 1.807) is 11.1 Å². The Balaban J connectivity index is 2.12. The van der Waals surface area contributed by atoms with Crippen LogP contribution in [-0.2, 0) is 11.8 Å². The Labute approximate surface area is 91.9 Å². The topological polar surface area (TPSA) is 12.0 Å². The summed E-state index contributed by atoms with van der Waals surface area (Å²) >= 11 is 0. The third-order valence-corrected chi connectivity index (χ3v) is 4.47. The summed E-state index contributed by atoms with van der Waals surface area (Å²) in [5, 5.41) is 3.62. The van der Waals surface area contributed by atoms with Gasteiger partial charge in [0, 0.05) is 11.5 Å². The van der Waals surface area contributed by atoms with E-state index in [2.05, 4.69) is 36.5 Å². The van der Waals surface area contributed by atoms with Crippen molar-refractivity contribution in [2.24, 2.45) is 0 Å². The van der Waals surface area contributed by atoms with Gasteiger partial charge in [-0.2, -0.15) is 0 Å². The fourth-order valence-electron chi connectivity index (χ4n) is 3.59. The molecule has 3 rings (SSSR count). The molecular formula is C14H19N. The molecule has 1 aliphatic heterocycles. The lowest BCUT2D eigenvalue weighted by Gasteiger charge is -2.39. The quantitative estimate of drug-likeness (QED) is 0.680. The fourth-order valence-corrected chi connectivity index (χ4v) is 3.59. The first-order valence-electron chi connectivity index (χ1n) is 6.15. The Bertz CT molecular complexity index is 371. The van der Waals surface area contributed by atoms with Gasteiger partial charge in [0.15, 0.2) is 0 Å². The standard InChI is InChI=1S/C14H19N/c1-11-14(9-10-15-11)8-4-6-12-5-2-3-7-13(12)14/h2-3,5,7,11,15H,4,6,8-10H2,1H3. The van der Waals surface area contributed by atoms with E-state index < -0.39 is 0 Å². The minimum absolute atomic E-state index is 0.453. The van der Waals surface area contributed by atoms with E-state index in [-0.39, 0.29) is 0 Å². The average Bonchev–Trinajstić information content (AvgIpc) is 2.62. The van der Waals surface area contributed by atoms with Crippen LogP contribution >= 0.6 is 0 Å². The van der Waals surface area contributed by atoms with Gasteiger partial charge < -0.3 is 5.32 Å². The van der Waals surface area contributed by atoms with E-state index in [0.717, 1.165) is 0 Å². The normalized spacial score (nSPS) is 34.3. The van der Waals surface area contributed by atoms with Gasteiger partial charge in [0.05, 0.1) is 0 Å². The first-order valence-corrected chi connectivity index (χ1v) is 6.15. The van der Waals surface area contributed by atoms with Crippen molar-refractivity contribution in [3.63, 3.8) is 0 Å². The van der Waals surface area contributed by atoms with Crippen molar-refractivity contribution in [3.8, 4) is 0 Å². The van der Waals surface area contributed by atoms with Crippen LogP contribution in [0.4, 0.5) is 0 Å². The van der Waals surface area contributed by atoms with E-state index in [4.69, 9.17) is 0 Å². The number of nitrogens with one attached hydrogen (secondary N) is 1. The second kappa shape index (κ2) is 3.34. The maximum Gasteiger partial charge on any atom is 0.0136 e. The van der Waals surface area contributed by atoms with Gasteiger partial charge in [0.25, 0.3) is 0 Å². The second-order valence-electron chi connectivity index (χ2n) is 5.09. The number of rotatable bonds is 0. The van der Waals surface area contributed by atoms with Gasteiger partial charge in [0.1, 0.15) is 0 Å². The van der Waals surface area contributed by atoms with Crippen LogP contribution in [0.3, 0.4) is 0 Å². The molecule has 1 heteroatoms. The van der Waals surface area contributed by atoms with Crippen molar-refractivity contribution in [1.82, 2.24) is 5.32 Å². The molecule has 2 unspecified atom stereocenters. The van der Waals surface area contributed by atoms with Gasteiger partial charge in [-0.25, -0.2) is 0 Å². The Morgan fingerprint density at radius 3 is 2.93 bits per heavy atom. The van der Waals surface area contributed by atoms with E-state index in [9.17, 15) is 0 Å². The molecule has 1 N–H and O–H groups in total. The molecule has 1 aromatic carbocycles. The Morgan fingerprint density at radius 1 is 1.27 bits per heavy atom. The predicted molar refractivity (Wildman–Crippen MR) is 63.1 cm³/mol. The van der Waals surface area contributed by atoms with Crippen molar-refractivity contribution in [3.05, 3.63) is 35.4 Å². The molecule has 1 nitrogen and oxygen atoms in total. The molecule has 1 aromatic rings. The monoisotopic (exact) mass is 201 g/mol. The van der Waals surface area contributed by atoms with Gasteiger partial charge in [-0.05, 0) is 50.3 Å². The van der Waals surface area contributed by atoms with Crippen LogP contribution in [0.15, 0.2) is 24.3 Å². The maximum absolute atomic E-state index is 3.62. The summed E-state index contributed by atoms with van der Waals surface area (Å²) < 4.78 is 0. The first kappa shape index (κ1) is 9.41. The minimum Gasteiger partial charge on any atom is -0.313 e. The molecular weight excluding hydrogens is 182 g/mol. The van der Waals surface area contributed by atoms with E-state index in [0.29, 0.717) is 11.5 Å². The summed E-state index contributed by atoms with van der Waals surface area (Å²) in [5.74, 6) is 0. The average molecular weight is 201 g/mol. The molecule has 2 aliphatic rings. The Hall–Kier alpha value is -0.820. The summed E-state index contributed by atoms with van der Waals surface area (Å²) in [4.78, 5) is 0. The van der Waals surface area contributed by atoms with E-state index >= 15 is 0 Å². The van der Waals surface area contributed by atoms with Crippen LogP contribution in [-0.4, -0.2) is 12.6 Å². The molecule has 0 bridgehead atoms. The minimum atomic E-state index is 0.453. The molecule has 0 saturated carbocycles. The molecule has 80 valence electrons. The third kappa shape index (κ3) is 1.26. The van der Waals surface area contributed by atoms with Gasteiger partial charge in [0.2, 0.25) is 0 Å². The zero-order chi connectivity index (χ0) is 10.3. The predicted octanol–water partition coefficient (Wildman–Crippen LogP) is 2.64. The van der Waals surface area contributed by atoms with Crippen molar-refractivity contribution in [1.29, 1.82) is 0 Å². The Kier molecular flexibility index (Phi) is 2.10. The van der Waals surface area contributed by atoms with Gasteiger partial charge in [-0.3, -0.25) is 0 Å². The molecule has 15 heavy (non-hydrogen) atoms. The van der Waals surface area contributed by atoms with E-state index in [1.807, 2.05) is 0 Å². The van der Waals surface area contributed by atoms with Crippen molar-refractivity contribution >= 4 is 0 Å². The number of aryl methyl sites for hydroxylation is 1. The fraction of sp³-hybridized carbons (Fsp3) is 0.571. The SMILES string of the molecule is CC1NCCC12CCCc1ccccc12. The van der Waals surface area contributed by atoms with Crippen LogP contribution < -0.4 is 5.32 Å². The molecule has 2 atom stereocenters. The van der Waals surface area contributed by atoms with Crippen molar-refractivity contribution in [2.45, 2.75) is 44.1 Å². The first-order chi connectivity index (χ1) is 7.33. The van der Waals surface area contributed by atoms with Crippen LogP contribution in [0.25, 0.3) is 0 Å².